The summed E-state index contributed by atoms with van der Waals surface area (Å²) in [5.41, 5.74) is 8.06. The van der Waals surface area contributed by atoms with Gasteiger partial charge in [-0.15, -0.1) is 0 Å². The predicted molar refractivity (Wildman–Crippen MR) is 77.8 cm³/mol. The number of benzene rings is 1. The number of anilines is 1. The summed E-state index contributed by atoms with van der Waals surface area (Å²) < 4.78 is 0. The van der Waals surface area contributed by atoms with E-state index in [9.17, 15) is 0 Å². The van der Waals surface area contributed by atoms with Crippen molar-refractivity contribution in [2.45, 2.75) is 26.8 Å². The molecule has 0 atom stereocenters. The summed E-state index contributed by atoms with van der Waals surface area (Å²) in [4.78, 5) is 7.04. The first-order valence-electron chi connectivity index (χ1n) is 6.63. The van der Waals surface area contributed by atoms with Gasteiger partial charge in [-0.2, -0.15) is 0 Å². The van der Waals surface area contributed by atoms with E-state index in [-0.39, 0.29) is 0 Å². The zero-order valence-corrected chi connectivity index (χ0v) is 11.2. The molecule has 0 amide bonds. The van der Waals surface area contributed by atoms with Gasteiger partial charge in [-0.3, -0.25) is 0 Å². The normalized spacial score (nSPS) is 10.8. The molecule has 96 valence electrons. The molecule has 0 spiro atoms. The molecule has 0 unspecified atom stereocenters. The SMILES string of the molecule is CCCN(CC)c1cc(CN)c2ccccc2n1. The van der Waals surface area contributed by atoms with Gasteiger partial charge in [0.1, 0.15) is 5.82 Å². The van der Waals surface area contributed by atoms with Crippen molar-refractivity contribution in [2.24, 2.45) is 5.73 Å². The number of nitrogens with two attached hydrogens (primary N) is 1. The van der Waals surface area contributed by atoms with Crippen molar-refractivity contribution in [1.82, 2.24) is 4.98 Å². The summed E-state index contributed by atoms with van der Waals surface area (Å²) in [6.07, 6.45) is 1.13. The van der Waals surface area contributed by atoms with Gasteiger partial charge < -0.3 is 10.6 Å². The molecule has 2 N–H and O–H groups in total. The lowest BCUT2D eigenvalue weighted by molar-refractivity contribution is 0.779. The van der Waals surface area contributed by atoms with Gasteiger partial charge >= 0.3 is 0 Å². The van der Waals surface area contributed by atoms with E-state index in [4.69, 9.17) is 10.7 Å². The van der Waals surface area contributed by atoms with Crippen molar-refractivity contribution in [3.63, 3.8) is 0 Å². The minimum atomic E-state index is 0.555. The molecule has 0 fully saturated rings. The average Bonchev–Trinajstić information content (AvgIpc) is 2.43. The van der Waals surface area contributed by atoms with Crippen LogP contribution in [-0.4, -0.2) is 18.1 Å². The Kier molecular flexibility index (Phi) is 4.15. The molecule has 1 heterocycles. The predicted octanol–water partition coefficient (Wildman–Crippen LogP) is 2.93. The van der Waals surface area contributed by atoms with E-state index in [0.29, 0.717) is 6.54 Å². The minimum absolute atomic E-state index is 0.555. The van der Waals surface area contributed by atoms with Gasteiger partial charge in [0.15, 0.2) is 0 Å². The number of fused-ring (bicyclic) bond motifs is 1. The van der Waals surface area contributed by atoms with Crippen molar-refractivity contribution in [3.8, 4) is 0 Å². The lowest BCUT2D eigenvalue weighted by Gasteiger charge is -2.22. The van der Waals surface area contributed by atoms with Crippen LogP contribution < -0.4 is 10.6 Å². The van der Waals surface area contributed by atoms with Gasteiger partial charge in [-0.25, -0.2) is 4.98 Å². The second kappa shape index (κ2) is 5.83. The smallest absolute Gasteiger partial charge is 0.129 e. The molecule has 0 saturated heterocycles. The van der Waals surface area contributed by atoms with Crippen LogP contribution in [0.15, 0.2) is 30.3 Å². The maximum Gasteiger partial charge on any atom is 0.129 e. The molecule has 18 heavy (non-hydrogen) atoms. The van der Waals surface area contributed by atoms with Gasteiger partial charge in [-0.1, -0.05) is 25.1 Å². The van der Waals surface area contributed by atoms with Crippen LogP contribution in [0.5, 0.6) is 0 Å². The molecule has 1 aromatic carbocycles. The van der Waals surface area contributed by atoms with E-state index in [1.807, 2.05) is 12.1 Å². The van der Waals surface area contributed by atoms with Crippen LogP contribution in [0, 0.1) is 0 Å². The molecule has 0 aliphatic rings. The van der Waals surface area contributed by atoms with E-state index in [1.54, 1.807) is 0 Å². The zero-order chi connectivity index (χ0) is 13.0. The van der Waals surface area contributed by atoms with E-state index in [0.717, 1.165) is 36.2 Å². The van der Waals surface area contributed by atoms with E-state index in [1.165, 1.54) is 5.56 Å². The molecular formula is C15H21N3. The van der Waals surface area contributed by atoms with Gasteiger partial charge in [-0.05, 0) is 31.0 Å². The van der Waals surface area contributed by atoms with Crippen molar-refractivity contribution < 1.29 is 0 Å². The van der Waals surface area contributed by atoms with Crippen molar-refractivity contribution >= 4 is 16.7 Å². The Morgan fingerprint density at radius 3 is 2.67 bits per heavy atom. The molecule has 0 aliphatic heterocycles. The Morgan fingerprint density at radius 2 is 2.00 bits per heavy atom. The highest BCUT2D eigenvalue weighted by Crippen LogP contribution is 2.22. The van der Waals surface area contributed by atoms with Gasteiger partial charge in [0.05, 0.1) is 5.52 Å². The fourth-order valence-electron chi connectivity index (χ4n) is 2.27. The molecular weight excluding hydrogens is 222 g/mol. The molecule has 0 radical (unpaired) electrons. The molecule has 0 bridgehead atoms. The third-order valence-corrected chi connectivity index (χ3v) is 3.21. The quantitative estimate of drug-likeness (QED) is 0.878. The first-order valence-corrected chi connectivity index (χ1v) is 6.63. The Balaban J connectivity index is 2.52. The Hall–Kier alpha value is -1.61. The molecule has 1 aromatic heterocycles. The summed E-state index contributed by atoms with van der Waals surface area (Å²) in [5, 5.41) is 1.16. The second-order valence-corrected chi connectivity index (χ2v) is 4.44. The maximum atomic E-state index is 5.85. The Bertz CT molecular complexity index is 522. The van der Waals surface area contributed by atoms with E-state index < -0.39 is 0 Å². The van der Waals surface area contributed by atoms with Gasteiger partial charge in [0.25, 0.3) is 0 Å². The molecule has 2 rings (SSSR count). The maximum absolute atomic E-state index is 5.85. The molecule has 0 aliphatic carbocycles. The highest BCUT2D eigenvalue weighted by molar-refractivity contribution is 5.84. The van der Waals surface area contributed by atoms with Crippen LogP contribution in [0.2, 0.25) is 0 Å². The van der Waals surface area contributed by atoms with E-state index >= 15 is 0 Å². The number of nitrogens with zero attached hydrogens (tertiary/aromatic N) is 2. The second-order valence-electron chi connectivity index (χ2n) is 4.44. The van der Waals surface area contributed by atoms with Crippen LogP contribution >= 0.6 is 0 Å². The first-order chi connectivity index (χ1) is 8.80. The molecule has 0 saturated carbocycles. The molecule has 3 heteroatoms. The largest absolute Gasteiger partial charge is 0.357 e. The minimum Gasteiger partial charge on any atom is -0.357 e. The van der Waals surface area contributed by atoms with Gasteiger partial charge in [0, 0.05) is 25.0 Å². The van der Waals surface area contributed by atoms with Crippen molar-refractivity contribution in [1.29, 1.82) is 0 Å². The topological polar surface area (TPSA) is 42.1 Å². The number of pyridine rings is 1. The van der Waals surface area contributed by atoms with Crippen LogP contribution in [0.1, 0.15) is 25.8 Å². The summed E-state index contributed by atoms with van der Waals surface area (Å²) in [6.45, 7) is 6.91. The summed E-state index contributed by atoms with van der Waals surface area (Å²) in [7, 11) is 0. The lowest BCUT2D eigenvalue weighted by atomic mass is 10.1. The highest BCUT2D eigenvalue weighted by Gasteiger charge is 2.09. The molecule has 3 nitrogen and oxygen atoms in total. The van der Waals surface area contributed by atoms with Crippen LogP contribution in [-0.2, 0) is 6.54 Å². The summed E-state index contributed by atoms with van der Waals surface area (Å²) >= 11 is 0. The fourth-order valence-corrected chi connectivity index (χ4v) is 2.27. The van der Waals surface area contributed by atoms with Gasteiger partial charge in [0.2, 0.25) is 0 Å². The lowest BCUT2D eigenvalue weighted by Crippen LogP contribution is -2.24. The number of rotatable bonds is 5. The third kappa shape index (κ3) is 2.46. The number of hydrogen-bond acceptors (Lipinski definition) is 3. The van der Waals surface area contributed by atoms with Crippen molar-refractivity contribution in [3.05, 3.63) is 35.9 Å². The first kappa shape index (κ1) is 12.8. The number of aromatic nitrogens is 1. The third-order valence-electron chi connectivity index (χ3n) is 3.21. The average molecular weight is 243 g/mol. The molecule has 2 aromatic rings. The highest BCUT2D eigenvalue weighted by atomic mass is 15.2. The summed E-state index contributed by atoms with van der Waals surface area (Å²) in [5.74, 6) is 1.04. The monoisotopic (exact) mass is 243 g/mol. The Morgan fingerprint density at radius 1 is 1.22 bits per heavy atom. The van der Waals surface area contributed by atoms with E-state index in [2.05, 4.69) is 36.9 Å². The van der Waals surface area contributed by atoms with Crippen LogP contribution in [0.3, 0.4) is 0 Å². The van der Waals surface area contributed by atoms with Crippen molar-refractivity contribution in [2.75, 3.05) is 18.0 Å². The summed E-state index contributed by atoms with van der Waals surface area (Å²) in [6, 6.07) is 10.3. The number of para-hydroxylation sites is 1. The number of hydrogen-bond donors (Lipinski definition) is 1. The Labute approximate surface area is 109 Å². The van der Waals surface area contributed by atoms with Crippen LogP contribution in [0.25, 0.3) is 10.9 Å². The zero-order valence-electron chi connectivity index (χ0n) is 11.2. The standard InChI is InChI=1S/C15H21N3/c1-3-9-18(4-2)15-10-12(11-16)13-7-5-6-8-14(13)17-15/h5-8,10H,3-4,9,11,16H2,1-2H3. The van der Waals surface area contributed by atoms with Crippen LogP contribution in [0.4, 0.5) is 5.82 Å². The fraction of sp³-hybridized carbons (Fsp3) is 0.400.